The van der Waals surface area contributed by atoms with Crippen molar-refractivity contribution in [1.82, 2.24) is 15.0 Å². The number of imidazole rings is 1. The molecule has 8 heteroatoms. The highest BCUT2D eigenvalue weighted by atomic mass is 16.3. The van der Waals surface area contributed by atoms with Crippen LogP contribution in [0.3, 0.4) is 0 Å². The van der Waals surface area contributed by atoms with Gasteiger partial charge in [0.15, 0.2) is 0 Å². The largest absolute Gasteiger partial charge is 0.394 e. The van der Waals surface area contributed by atoms with E-state index in [1.807, 2.05) is 49.4 Å². The number of nitrogens with zero attached hydrogens (tertiary/aromatic N) is 2. The fourth-order valence-electron chi connectivity index (χ4n) is 4.15. The van der Waals surface area contributed by atoms with Crippen LogP contribution in [0.4, 0.5) is 5.69 Å². The van der Waals surface area contributed by atoms with Crippen LogP contribution < -0.4 is 16.6 Å². The number of nitrogens with one attached hydrogen (secondary N) is 3. The van der Waals surface area contributed by atoms with E-state index in [2.05, 4.69) is 20.3 Å². The van der Waals surface area contributed by atoms with Crippen molar-refractivity contribution < 1.29 is 5.11 Å². The number of aromatic nitrogens is 3. The predicted octanol–water partition coefficient (Wildman–Crippen LogP) is 3.11. The molecule has 0 amide bonds. The molecule has 0 bridgehead atoms. The SMILES string of the molecule is Cc1cc(/C(N)=N/C2CC2)cc2[nH]c(-c3c(N[C@H](CO)Cc4ccccc4)cc[nH]c3=O)nc12. The van der Waals surface area contributed by atoms with Gasteiger partial charge >= 0.3 is 0 Å². The molecule has 0 saturated heterocycles. The Kier molecular flexibility index (Phi) is 5.90. The Bertz CT molecular complexity index is 1400. The van der Waals surface area contributed by atoms with E-state index in [0.717, 1.165) is 40.6 Å². The second kappa shape index (κ2) is 9.15. The number of nitrogens with two attached hydrogens (primary N) is 1. The number of aliphatic hydroxyl groups is 1. The molecule has 8 nitrogen and oxygen atoms in total. The van der Waals surface area contributed by atoms with Gasteiger partial charge < -0.3 is 26.1 Å². The molecule has 0 aliphatic heterocycles. The van der Waals surface area contributed by atoms with Gasteiger partial charge in [0.2, 0.25) is 0 Å². The molecule has 2 aromatic carbocycles. The Labute approximate surface area is 197 Å². The van der Waals surface area contributed by atoms with Crippen LogP contribution in [0.2, 0.25) is 0 Å². The van der Waals surface area contributed by atoms with Crippen LogP contribution in [0.15, 0.2) is 64.5 Å². The minimum atomic E-state index is -0.270. The summed E-state index contributed by atoms with van der Waals surface area (Å²) in [6, 6.07) is 15.7. The Balaban J connectivity index is 1.50. The normalized spacial score (nSPS) is 14.9. The Morgan fingerprint density at radius 1 is 1.26 bits per heavy atom. The van der Waals surface area contributed by atoms with E-state index < -0.39 is 0 Å². The lowest BCUT2D eigenvalue weighted by molar-refractivity contribution is 0.274. The van der Waals surface area contributed by atoms with Gasteiger partial charge in [-0.2, -0.15) is 0 Å². The highest BCUT2D eigenvalue weighted by molar-refractivity contribution is 6.01. The van der Waals surface area contributed by atoms with E-state index >= 15 is 0 Å². The quantitative estimate of drug-likeness (QED) is 0.205. The molecule has 2 heterocycles. The van der Waals surface area contributed by atoms with E-state index in [1.165, 1.54) is 0 Å². The molecule has 1 fully saturated rings. The molecule has 0 radical (unpaired) electrons. The Morgan fingerprint density at radius 2 is 2.06 bits per heavy atom. The standard InChI is InChI=1S/C26H28N6O2/c1-15-11-17(24(27)30-18-7-8-18)13-21-23(15)32-25(31-21)22-20(9-10-28-26(22)34)29-19(14-33)12-16-5-3-2-4-6-16/h2-6,9-11,13,18-19,33H,7-8,12,14H2,1H3,(H2,27,30)(H,31,32)(H2,28,29,34)/t19-/m0/s1. The molecule has 6 N–H and O–H groups in total. The lowest BCUT2D eigenvalue weighted by Gasteiger charge is -2.19. The number of anilines is 1. The zero-order chi connectivity index (χ0) is 23.7. The average molecular weight is 457 g/mol. The number of rotatable bonds is 8. The summed E-state index contributed by atoms with van der Waals surface area (Å²) < 4.78 is 0. The minimum absolute atomic E-state index is 0.0800. The number of fused-ring (bicyclic) bond motifs is 1. The summed E-state index contributed by atoms with van der Waals surface area (Å²) in [5.74, 6) is 0.976. The molecule has 1 aliphatic rings. The van der Waals surface area contributed by atoms with Crippen molar-refractivity contribution in [3.05, 3.63) is 81.8 Å². The number of aromatic amines is 2. The molecule has 0 spiro atoms. The fourth-order valence-corrected chi connectivity index (χ4v) is 4.15. The van der Waals surface area contributed by atoms with Gasteiger partial charge in [0, 0.05) is 11.8 Å². The predicted molar refractivity (Wildman–Crippen MR) is 135 cm³/mol. The average Bonchev–Trinajstić information content (AvgIpc) is 3.54. The Hall–Kier alpha value is -3.91. The lowest BCUT2D eigenvalue weighted by Crippen LogP contribution is -2.28. The van der Waals surface area contributed by atoms with Crippen LogP contribution in [0.25, 0.3) is 22.4 Å². The van der Waals surface area contributed by atoms with Crippen LogP contribution >= 0.6 is 0 Å². The van der Waals surface area contributed by atoms with Crippen molar-refractivity contribution in [1.29, 1.82) is 0 Å². The summed E-state index contributed by atoms with van der Waals surface area (Å²) in [5, 5.41) is 13.3. The topological polar surface area (TPSA) is 132 Å². The number of aliphatic hydroxyl groups excluding tert-OH is 1. The number of benzene rings is 2. The van der Waals surface area contributed by atoms with Crippen molar-refractivity contribution in [2.45, 2.75) is 38.3 Å². The summed E-state index contributed by atoms with van der Waals surface area (Å²) >= 11 is 0. The first kappa shape index (κ1) is 21.9. The maximum atomic E-state index is 12.9. The maximum absolute atomic E-state index is 12.9. The van der Waals surface area contributed by atoms with Crippen LogP contribution in [-0.2, 0) is 6.42 Å². The monoisotopic (exact) mass is 456 g/mol. The summed E-state index contributed by atoms with van der Waals surface area (Å²) in [6.45, 7) is 1.89. The van der Waals surface area contributed by atoms with E-state index in [9.17, 15) is 9.90 Å². The molecule has 1 aliphatic carbocycles. The van der Waals surface area contributed by atoms with Crippen LogP contribution in [0.1, 0.15) is 29.5 Å². The first-order chi connectivity index (χ1) is 16.5. The van der Waals surface area contributed by atoms with Gasteiger partial charge in [0.1, 0.15) is 17.2 Å². The first-order valence-corrected chi connectivity index (χ1v) is 11.5. The summed E-state index contributed by atoms with van der Waals surface area (Å²) in [4.78, 5) is 28.2. The van der Waals surface area contributed by atoms with Crippen LogP contribution in [0.5, 0.6) is 0 Å². The summed E-state index contributed by atoms with van der Waals surface area (Å²) in [6.07, 6.45) is 4.38. The number of aryl methyl sites for hydroxylation is 1. The number of H-pyrrole nitrogens is 2. The molecular weight excluding hydrogens is 428 g/mol. The minimum Gasteiger partial charge on any atom is -0.394 e. The van der Waals surface area contributed by atoms with E-state index in [4.69, 9.17) is 10.7 Å². The molecular formula is C26H28N6O2. The molecule has 34 heavy (non-hydrogen) atoms. The second-order valence-electron chi connectivity index (χ2n) is 8.83. The van der Waals surface area contributed by atoms with Crippen molar-refractivity contribution in [2.24, 2.45) is 10.7 Å². The number of amidine groups is 1. The van der Waals surface area contributed by atoms with Gasteiger partial charge in [-0.1, -0.05) is 30.3 Å². The van der Waals surface area contributed by atoms with Gasteiger partial charge in [0.05, 0.1) is 35.4 Å². The van der Waals surface area contributed by atoms with Gasteiger partial charge in [-0.15, -0.1) is 0 Å². The highest BCUT2D eigenvalue weighted by Crippen LogP contribution is 2.28. The number of pyridine rings is 1. The van der Waals surface area contributed by atoms with Crippen LogP contribution in [0, 0.1) is 6.92 Å². The second-order valence-corrected chi connectivity index (χ2v) is 8.83. The third kappa shape index (κ3) is 4.58. The summed E-state index contributed by atoms with van der Waals surface area (Å²) in [5.41, 5.74) is 11.4. The van der Waals surface area contributed by atoms with Gasteiger partial charge in [-0.05, 0) is 55.5 Å². The first-order valence-electron chi connectivity index (χ1n) is 11.5. The van der Waals surface area contributed by atoms with E-state index in [1.54, 1.807) is 12.3 Å². The highest BCUT2D eigenvalue weighted by Gasteiger charge is 2.22. The molecule has 4 aromatic rings. The summed E-state index contributed by atoms with van der Waals surface area (Å²) in [7, 11) is 0. The number of hydrogen-bond donors (Lipinski definition) is 5. The third-order valence-electron chi connectivity index (χ3n) is 6.04. The zero-order valence-corrected chi connectivity index (χ0v) is 19.0. The van der Waals surface area contributed by atoms with Crippen molar-refractivity contribution in [3.8, 4) is 11.4 Å². The molecule has 2 aromatic heterocycles. The van der Waals surface area contributed by atoms with Crippen molar-refractivity contribution >= 4 is 22.6 Å². The third-order valence-corrected chi connectivity index (χ3v) is 6.04. The zero-order valence-electron chi connectivity index (χ0n) is 19.0. The van der Waals surface area contributed by atoms with Crippen molar-refractivity contribution in [3.63, 3.8) is 0 Å². The van der Waals surface area contributed by atoms with E-state index in [0.29, 0.717) is 35.4 Å². The Morgan fingerprint density at radius 3 is 2.79 bits per heavy atom. The van der Waals surface area contributed by atoms with Gasteiger partial charge in [0.25, 0.3) is 5.56 Å². The number of hydrogen-bond acceptors (Lipinski definition) is 5. The van der Waals surface area contributed by atoms with Gasteiger partial charge in [-0.25, -0.2) is 4.98 Å². The molecule has 0 unspecified atom stereocenters. The molecule has 5 rings (SSSR count). The molecule has 174 valence electrons. The van der Waals surface area contributed by atoms with Crippen molar-refractivity contribution in [2.75, 3.05) is 11.9 Å². The molecule has 1 saturated carbocycles. The fraction of sp³-hybridized carbons (Fsp3) is 0.269. The van der Waals surface area contributed by atoms with Crippen LogP contribution in [-0.4, -0.2) is 44.6 Å². The van der Waals surface area contributed by atoms with Gasteiger partial charge in [-0.3, -0.25) is 9.79 Å². The maximum Gasteiger partial charge on any atom is 0.261 e. The number of aliphatic imine (C=N–C) groups is 1. The smallest absolute Gasteiger partial charge is 0.261 e. The van der Waals surface area contributed by atoms with E-state index in [-0.39, 0.29) is 18.2 Å². The molecule has 1 atom stereocenters. The lowest BCUT2D eigenvalue weighted by atomic mass is 10.1.